The Kier molecular flexibility index (Phi) is 6.98. The molecule has 0 heterocycles. The molecule has 0 unspecified atom stereocenters. The summed E-state index contributed by atoms with van der Waals surface area (Å²) < 4.78 is 0. The summed E-state index contributed by atoms with van der Waals surface area (Å²) in [6.45, 7) is 6.22. The van der Waals surface area contributed by atoms with Crippen molar-refractivity contribution in [3.05, 3.63) is 34.9 Å². The number of hydrogen-bond acceptors (Lipinski definition) is 2. The first kappa shape index (κ1) is 17.3. The predicted molar refractivity (Wildman–Crippen MR) is 86.2 cm³/mol. The van der Waals surface area contributed by atoms with Gasteiger partial charge in [0.25, 0.3) is 5.91 Å². The van der Waals surface area contributed by atoms with Crippen LogP contribution >= 0.6 is 0 Å². The van der Waals surface area contributed by atoms with Gasteiger partial charge in [0.2, 0.25) is 0 Å². The van der Waals surface area contributed by atoms with Gasteiger partial charge in [-0.15, -0.1) is 0 Å². The highest BCUT2D eigenvalue weighted by Gasteiger charge is 2.18. The lowest BCUT2D eigenvalue weighted by atomic mass is 10.0. The highest BCUT2D eigenvalue weighted by Crippen LogP contribution is 2.15. The third-order valence-electron chi connectivity index (χ3n) is 3.60. The molecule has 1 rings (SSSR count). The van der Waals surface area contributed by atoms with Crippen LogP contribution in [0.3, 0.4) is 0 Å². The van der Waals surface area contributed by atoms with Crippen LogP contribution < -0.4 is 0 Å². The molecule has 1 aromatic rings. The maximum atomic E-state index is 12.6. The molecule has 0 spiro atoms. The van der Waals surface area contributed by atoms with Crippen LogP contribution in [-0.4, -0.2) is 35.6 Å². The number of aliphatic hydroxyl groups is 1. The molecule has 114 valence electrons. The van der Waals surface area contributed by atoms with E-state index in [9.17, 15) is 4.79 Å². The normalized spacial score (nSPS) is 10.2. The van der Waals surface area contributed by atoms with Gasteiger partial charge in [0.1, 0.15) is 0 Å². The highest BCUT2D eigenvalue weighted by atomic mass is 16.2. The fourth-order valence-corrected chi connectivity index (χ4v) is 2.41. The Balaban J connectivity index is 3.02. The number of benzene rings is 1. The molecule has 1 aromatic carbocycles. The van der Waals surface area contributed by atoms with Crippen molar-refractivity contribution in [3.63, 3.8) is 0 Å². The lowest BCUT2D eigenvalue weighted by molar-refractivity contribution is 0.0723. The Labute approximate surface area is 128 Å². The van der Waals surface area contributed by atoms with Crippen LogP contribution in [0.4, 0.5) is 0 Å². The first-order valence-corrected chi connectivity index (χ1v) is 7.52. The maximum absolute atomic E-state index is 12.6. The number of aliphatic hydroxyl groups excluding tert-OH is 1. The van der Waals surface area contributed by atoms with Gasteiger partial charge in [-0.3, -0.25) is 4.79 Å². The first-order chi connectivity index (χ1) is 10.0. The van der Waals surface area contributed by atoms with Gasteiger partial charge in [-0.05, 0) is 43.5 Å². The van der Waals surface area contributed by atoms with Crippen molar-refractivity contribution in [1.82, 2.24) is 4.90 Å². The van der Waals surface area contributed by atoms with Gasteiger partial charge in [-0.1, -0.05) is 25.7 Å². The molecule has 0 aromatic heterocycles. The standard InChI is InChI=1S/C18H25NO2/c1-5-17(6-2)19(4)18(21)16-12-14(3)11-15(13-16)9-7-8-10-20/h11-13,17,20H,5-6,8,10H2,1-4H3. The quantitative estimate of drug-likeness (QED) is 0.846. The summed E-state index contributed by atoms with van der Waals surface area (Å²) in [5.41, 5.74) is 2.52. The van der Waals surface area contributed by atoms with Crippen molar-refractivity contribution in [2.24, 2.45) is 0 Å². The zero-order valence-electron chi connectivity index (χ0n) is 13.4. The van der Waals surface area contributed by atoms with E-state index in [1.54, 1.807) is 0 Å². The minimum Gasteiger partial charge on any atom is -0.395 e. The number of rotatable bonds is 5. The molecule has 21 heavy (non-hydrogen) atoms. The van der Waals surface area contributed by atoms with Crippen molar-refractivity contribution in [2.45, 2.75) is 46.1 Å². The molecule has 1 N–H and O–H groups in total. The largest absolute Gasteiger partial charge is 0.395 e. The van der Waals surface area contributed by atoms with Crippen LogP contribution in [0.15, 0.2) is 18.2 Å². The Hall–Kier alpha value is -1.79. The SMILES string of the molecule is CCC(CC)N(C)C(=O)c1cc(C)cc(C#CCCO)c1. The topological polar surface area (TPSA) is 40.5 Å². The molecule has 3 nitrogen and oxygen atoms in total. The smallest absolute Gasteiger partial charge is 0.253 e. The van der Waals surface area contributed by atoms with Gasteiger partial charge in [0, 0.05) is 30.6 Å². The molecule has 0 atom stereocenters. The van der Waals surface area contributed by atoms with Gasteiger partial charge >= 0.3 is 0 Å². The van der Waals surface area contributed by atoms with Crippen LogP contribution in [0.25, 0.3) is 0 Å². The summed E-state index contributed by atoms with van der Waals surface area (Å²) in [6.07, 6.45) is 2.35. The lowest BCUT2D eigenvalue weighted by Gasteiger charge is -2.26. The van der Waals surface area contributed by atoms with Gasteiger partial charge in [-0.25, -0.2) is 0 Å². The number of amides is 1. The van der Waals surface area contributed by atoms with Crippen molar-refractivity contribution in [3.8, 4) is 11.8 Å². The van der Waals surface area contributed by atoms with Crippen LogP contribution in [0, 0.1) is 18.8 Å². The molecule has 0 fully saturated rings. The zero-order chi connectivity index (χ0) is 15.8. The highest BCUT2D eigenvalue weighted by molar-refractivity contribution is 5.94. The predicted octanol–water partition coefficient (Wildman–Crippen LogP) is 2.99. The molecule has 0 saturated carbocycles. The number of hydrogen-bond donors (Lipinski definition) is 1. The van der Waals surface area contributed by atoms with Crippen molar-refractivity contribution in [1.29, 1.82) is 0 Å². The Morgan fingerprint density at radius 1 is 1.29 bits per heavy atom. The molecule has 3 heteroatoms. The molecular weight excluding hydrogens is 262 g/mol. The van der Waals surface area contributed by atoms with Crippen LogP contribution in [0.5, 0.6) is 0 Å². The fourth-order valence-electron chi connectivity index (χ4n) is 2.41. The monoisotopic (exact) mass is 287 g/mol. The fraction of sp³-hybridized carbons (Fsp3) is 0.500. The second kappa shape index (κ2) is 8.49. The molecular formula is C18H25NO2. The minimum absolute atomic E-state index is 0.0395. The van der Waals surface area contributed by atoms with Gasteiger partial charge < -0.3 is 10.0 Å². The second-order valence-corrected chi connectivity index (χ2v) is 5.25. The Bertz CT molecular complexity index is 536. The molecule has 0 radical (unpaired) electrons. The lowest BCUT2D eigenvalue weighted by Crippen LogP contribution is -2.36. The van der Waals surface area contributed by atoms with E-state index >= 15 is 0 Å². The molecule has 0 aliphatic rings. The third kappa shape index (κ3) is 4.91. The summed E-state index contributed by atoms with van der Waals surface area (Å²) in [6, 6.07) is 5.96. The molecule has 0 bridgehead atoms. The zero-order valence-corrected chi connectivity index (χ0v) is 13.4. The van der Waals surface area contributed by atoms with E-state index in [-0.39, 0.29) is 18.6 Å². The average molecular weight is 287 g/mol. The number of carbonyl (C=O) groups excluding carboxylic acids is 1. The number of aryl methyl sites for hydroxylation is 1. The van der Waals surface area contributed by atoms with E-state index in [4.69, 9.17) is 5.11 Å². The van der Waals surface area contributed by atoms with Crippen LogP contribution in [-0.2, 0) is 0 Å². The summed E-state index contributed by atoms with van der Waals surface area (Å²) >= 11 is 0. The maximum Gasteiger partial charge on any atom is 0.253 e. The number of carbonyl (C=O) groups is 1. The number of nitrogens with zero attached hydrogens (tertiary/aromatic N) is 1. The summed E-state index contributed by atoms with van der Waals surface area (Å²) in [7, 11) is 1.86. The molecule has 0 aliphatic heterocycles. The van der Waals surface area contributed by atoms with Gasteiger partial charge in [0.15, 0.2) is 0 Å². The summed E-state index contributed by atoms with van der Waals surface area (Å²) in [4.78, 5) is 14.4. The van der Waals surface area contributed by atoms with E-state index in [1.807, 2.05) is 37.1 Å². The molecule has 1 amide bonds. The first-order valence-electron chi connectivity index (χ1n) is 7.52. The van der Waals surface area contributed by atoms with Crippen LogP contribution in [0.1, 0.15) is 54.6 Å². The van der Waals surface area contributed by atoms with E-state index < -0.39 is 0 Å². The van der Waals surface area contributed by atoms with E-state index in [1.165, 1.54) is 0 Å². The molecule has 0 saturated heterocycles. The summed E-state index contributed by atoms with van der Waals surface area (Å²) in [5.74, 6) is 5.93. The third-order valence-corrected chi connectivity index (χ3v) is 3.60. The Morgan fingerprint density at radius 3 is 2.52 bits per heavy atom. The Morgan fingerprint density at radius 2 is 1.95 bits per heavy atom. The second-order valence-electron chi connectivity index (χ2n) is 5.25. The van der Waals surface area contributed by atoms with E-state index in [2.05, 4.69) is 25.7 Å². The van der Waals surface area contributed by atoms with Crippen molar-refractivity contribution < 1.29 is 9.90 Å². The van der Waals surface area contributed by atoms with E-state index in [0.717, 1.165) is 24.0 Å². The van der Waals surface area contributed by atoms with E-state index in [0.29, 0.717) is 12.0 Å². The van der Waals surface area contributed by atoms with Gasteiger partial charge in [0.05, 0.1) is 6.61 Å². The molecule has 0 aliphatic carbocycles. The van der Waals surface area contributed by atoms with Gasteiger partial charge in [-0.2, -0.15) is 0 Å². The minimum atomic E-state index is 0.0395. The average Bonchev–Trinajstić information content (AvgIpc) is 2.47. The van der Waals surface area contributed by atoms with Crippen molar-refractivity contribution in [2.75, 3.05) is 13.7 Å². The summed E-state index contributed by atoms with van der Waals surface area (Å²) in [5, 5.41) is 8.77. The van der Waals surface area contributed by atoms with Crippen LogP contribution in [0.2, 0.25) is 0 Å². The van der Waals surface area contributed by atoms with Crippen molar-refractivity contribution >= 4 is 5.91 Å².